The summed E-state index contributed by atoms with van der Waals surface area (Å²) in [5.74, 6) is -4.07. The average molecular weight is 461 g/mol. The van der Waals surface area contributed by atoms with Crippen LogP contribution >= 0.6 is 0 Å². The van der Waals surface area contributed by atoms with Crippen LogP contribution in [-0.2, 0) is 23.9 Å². The normalized spacial score (nSPS) is 11.1. The molecule has 0 saturated carbocycles. The predicted octanol–water partition coefficient (Wildman–Crippen LogP) is 2.31. The Labute approximate surface area is 190 Å². The van der Waals surface area contributed by atoms with Gasteiger partial charge in [0.15, 0.2) is 0 Å². The Morgan fingerprint density at radius 2 is 0.969 bits per heavy atom. The Morgan fingerprint density at radius 1 is 0.594 bits per heavy atom. The van der Waals surface area contributed by atoms with Gasteiger partial charge in [0.1, 0.15) is 0 Å². The first kappa shape index (κ1) is 29.8. The molecule has 0 spiro atoms. The molecule has 10 nitrogen and oxygen atoms in total. The lowest BCUT2D eigenvalue weighted by Gasteiger charge is -2.24. The molecule has 3 N–H and O–H groups in total. The number of hydrogen-bond acceptors (Lipinski definition) is 7. The maximum Gasteiger partial charge on any atom is 0.320 e. The minimum atomic E-state index is -1.19. The van der Waals surface area contributed by atoms with Crippen molar-refractivity contribution in [1.29, 1.82) is 0 Å². The third-order valence-corrected chi connectivity index (χ3v) is 4.92. The van der Waals surface area contributed by atoms with E-state index in [4.69, 9.17) is 20.1 Å². The van der Waals surface area contributed by atoms with Crippen molar-refractivity contribution in [1.82, 2.24) is 9.80 Å². The van der Waals surface area contributed by atoms with Crippen molar-refractivity contribution >= 4 is 23.9 Å². The molecule has 0 aromatic rings. The van der Waals surface area contributed by atoms with Crippen LogP contribution in [0, 0.1) is 0 Å². The Balaban J connectivity index is 4.13. The molecule has 0 aliphatic heterocycles. The Hall–Kier alpha value is -2.20. The number of unbranched alkanes of at least 4 members (excludes halogenated alkanes) is 9. The molecule has 0 heterocycles. The summed E-state index contributed by atoms with van der Waals surface area (Å²) >= 11 is 0. The van der Waals surface area contributed by atoms with Crippen LogP contribution in [0.5, 0.6) is 0 Å². The van der Waals surface area contributed by atoms with E-state index >= 15 is 0 Å². The van der Waals surface area contributed by atoms with Crippen molar-refractivity contribution in [3.63, 3.8) is 0 Å². The summed E-state index contributed by atoms with van der Waals surface area (Å²) in [6, 6.07) is 0. The van der Waals surface area contributed by atoms with E-state index in [2.05, 4.69) is 6.92 Å². The van der Waals surface area contributed by atoms with Gasteiger partial charge in [-0.15, -0.1) is 0 Å². The fraction of sp³-hybridized carbons (Fsp3) is 0.818. The standard InChI is InChI=1S/C22H40N2O8/c1-2-3-4-5-6-7-8-9-10-11-14-32-22(31)18-24(17-21(29)30)13-12-23(15-19(25)26)16-20(27)28/h2-18H2,1H3,(H,25,26)(H,27,28)(H,29,30). The van der Waals surface area contributed by atoms with Crippen molar-refractivity contribution in [2.24, 2.45) is 0 Å². The molecule has 0 aromatic carbocycles. The summed E-state index contributed by atoms with van der Waals surface area (Å²) in [5, 5.41) is 26.8. The number of carboxylic acids is 3. The van der Waals surface area contributed by atoms with Crippen LogP contribution in [0.1, 0.15) is 71.1 Å². The van der Waals surface area contributed by atoms with Crippen LogP contribution in [-0.4, -0.2) is 94.9 Å². The van der Waals surface area contributed by atoms with Gasteiger partial charge in [0.25, 0.3) is 0 Å². The molecule has 186 valence electrons. The largest absolute Gasteiger partial charge is 0.480 e. The van der Waals surface area contributed by atoms with Gasteiger partial charge in [0.2, 0.25) is 0 Å². The maximum absolute atomic E-state index is 12.0. The summed E-state index contributed by atoms with van der Waals surface area (Å²) in [7, 11) is 0. The van der Waals surface area contributed by atoms with Gasteiger partial charge in [-0.25, -0.2) is 0 Å². The number of nitrogens with zero attached hydrogens (tertiary/aromatic N) is 2. The highest BCUT2D eigenvalue weighted by atomic mass is 16.5. The molecule has 0 unspecified atom stereocenters. The summed E-state index contributed by atoms with van der Waals surface area (Å²) in [4.78, 5) is 47.3. The van der Waals surface area contributed by atoms with Gasteiger partial charge >= 0.3 is 23.9 Å². The molecule has 0 saturated heterocycles. The predicted molar refractivity (Wildman–Crippen MR) is 119 cm³/mol. The van der Waals surface area contributed by atoms with Crippen molar-refractivity contribution < 1.29 is 39.2 Å². The molecule has 32 heavy (non-hydrogen) atoms. The lowest BCUT2D eigenvalue weighted by Crippen LogP contribution is -2.43. The second kappa shape index (κ2) is 19.5. The number of aliphatic carboxylic acids is 3. The molecule has 0 aliphatic carbocycles. The van der Waals surface area contributed by atoms with Crippen LogP contribution in [0.25, 0.3) is 0 Å². The number of carbonyl (C=O) groups is 4. The summed E-state index contributed by atoms with van der Waals surface area (Å²) in [6.07, 6.45) is 11.7. The molecule has 0 aromatic heterocycles. The van der Waals surface area contributed by atoms with Gasteiger partial charge in [0.05, 0.1) is 32.8 Å². The first-order chi connectivity index (χ1) is 15.2. The SMILES string of the molecule is CCCCCCCCCCCCOC(=O)CN(CCN(CC(=O)O)CC(=O)O)CC(=O)O. The van der Waals surface area contributed by atoms with Crippen molar-refractivity contribution in [3.05, 3.63) is 0 Å². The third-order valence-electron chi connectivity index (χ3n) is 4.92. The highest BCUT2D eigenvalue weighted by Gasteiger charge is 2.19. The first-order valence-electron chi connectivity index (χ1n) is 11.5. The smallest absolute Gasteiger partial charge is 0.320 e. The molecule has 0 rings (SSSR count). The van der Waals surface area contributed by atoms with E-state index < -0.39 is 43.5 Å². The monoisotopic (exact) mass is 460 g/mol. The van der Waals surface area contributed by atoms with Crippen molar-refractivity contribution in [3.8, 4) is 0 Å². The van der Waals surface area contributed by atoms with Gasteiger partial charge in [-0.2, -0.15) is 0 Å². The topological polar surface area (TPSA) is 145 Å². The Bertz CT molecular complexity index is 540. The number of rotatable bonds is 22. The molecule has 0 atom stereocenters. The molecule has 0 fully saturated rings. The minimum absolute atomic E-state index is 0.00238. The van der Waals surface area contributed by atoms with Crippen LogP contribution in [0.15, 0.2) is 0 Å². The van der Waals surface area contributed by atoms with Gasteiger partial charge in [-0.1, -0.05) is 64.7 Å². The van der Waals surface area contributed by atoms with Crippen molar-refractivity contribution in [2.45, 2.75) is 71.1 Å². The van der Waals surface area contributed by atoms with Gasteiger partial charge in [0, 0.05) is 13.1 Å². The Morgan fingerprint density at radius 3 is 1.38 bits per heavy atom. The average Bonchev–Trinajstić information content (AvgIpc) is 2.68. The van der Waals surface area contributed by atoms with Crippen LogP contribution < -0.4 is 0 Å². The van der Waals surface area contributed by atoms with E-state index in [0.29, 0.717) is 0 Å². The maximum atomic E-state index is 12.0. The quantitative estimate of drug-likeness (QED) is 0.162. The van der Waals surface area contributed by atoms with Crippen LogP contribution in [0.4, 0.5) is 0 Å². The molecular formula is C22H40N2O8. The Kier molecular flexibility index (Phi) is 18.1. The fourth-order valence-electron chi connectivity index (χ4n) is 3.29. The van der Waals surface area contributed by atoms with E-state index in [1.54, 1.807) is 0 Å². The second-order valence-corrected chi connectivity index (χ2v) is 8.00. The number of ether oxygens (including phenoxy) is 1. The molecule has 10 heteroatoms. The molecular weight excluding hydrogens is 420 g/mol. The minimum Gasteiger partial charge on any atom is -0.480 e. The molecule has 0 radical (unpaired) electrons. The van der Waals surface area contributed by atoms with Gasteiger partial charge in [-0.3, -0.25) is 29.0 Å². The number of carbonyl (C=O) groups excluding carboxylic acids is 1. The lowest BCUT2D eigenvalue weighted by molar-refractivity contribution is -0.148. The summed E-state index contributed by atoms with van der Waals surface area (Å²) < 4.78 is 5.19. The van der Waals surface area contributed by atoms with Crippen LogP contribution in [0.3, 0.4) is 0 Å². The zero-order valence-corrected chi connectivity index (χ0v) is 19.3. The highest BCUT2D eigenvalue weighted by molar-refractivity contribution is 5.74. The van der Waals surface area contributed by atoms with E-state index in [1.807, 2.05) is 0 Å². The number of carboxylic acid groups (broad SMARTS) is 3. The molecule has 0 aliphatic rings. The molecule has 0 amide bonds. The lowest BCUT2D eigenvalue weighted by atomic mass is 10.1. The van der Waals surface area contributed by atoms with E-state index in [-0.39, 0.29) is 26.2 Å². The zero-order valence-electron chi connectivity index (χ0n) is 19.3. The van der Waals surface area contributed by atoms with Gasteiger partial charge in [-0.05, 0) is 6.42 Å². The van der Waals surface area contributed by atoms with E-state index in [9.17, 15) is 19.2 Å². The molecule has 0 bridgehead atoms. The third kappa shape index (κ3) is 19.7. The first-order valence-corrected chi connectivity index (χ1v) is 11.5. The van der Waals surface area contributed by atoms with Crippen LogP contribution in [0.2, 0.25) is 0 Å². The zero-order chi connectivity index (χ0) is 24.2. The second-order valence-electron chi connectivity index (χ2n) is 8.00. The number of esters is 1. The fourth-order valence-corrected chi connectivity index (χ4v) is 3.29. The summed E-state index contributed by atoms with van der Waals surface area (Å²) in [6.45, 7) is 0.846. The van der Waals surface area contributed by atoms with Crippen molar-refractivity contribution in [2.75, 3.05) is 45.9 Å². The number of hydrogen-bond donors (Lipinski definition) is 3. The highest BCUT2D eigenvalue weighted by Crippen LogP contribution is 2.10. The van der Waals surface area contributed by atoms with E-state index in [0.717, 1.165) is 24.2 Å². The van der Waals surface area contributed by atoms with Gasteiger partial charge < -0.3 is 20.1 Å². The summed E-state index contributed by atoms with van der Waals surface area (Å²) in [5.41, 5.74) is 0. The van der Waals surface area contributed by atoms with E-state index in [1.165, 1.54) is 49.8 Å².